The molecule has 0 saturated heterocycles. The Morgan fingerprint density at radius 1 is 1.21 bits per heavy atom. The number of nitrogens with zero attached hydrogens (tertiary/aromatic N) is 1. The van der Waals surface area contributed by atoms with Crippen LogP contribution in [0.15, 0.2) is 6.07 Å². The van der Waals surface area contributed by atoms with Gasteiger partial charge in [0.25, 0.3) is 0 Å². The third-order valence-electron chi connectivity index (χ3n) is 1.91. The summed E-state index contributed by atoms with van der Waals surface area (Å²) in [5.41, 5.74) is -2.91. The highest BCUT2D eigenvalue weighted by Gasteiger charge is 2.41. The quantitative estimate of drug-likeness (QED) is 0.688. The molecule has 0 aliphatic rings. The van der Waals surface area contributed by atoms with Crippen LogP contribution in [0.4, 0.5) is 26.3 Å². The molecule has 0 unspecified atom stereocenters. The Morgan fingerprint density at radius 2 is 1.79 bits per heavy atom. The molecule has 0 atom stereocenters. The average Bonchev–Trinajstić information content (AvgIpc) is 2.25. The first kappa shape index (κ1) is 15.8. The molecule has 0 spiro atoms. The number of hydrogen-bond acceptors (Lipinski definition) is 3. The lowest BCUT2D eigenvalue weighted by Crippen LogP contribution is -2.22. The largest absolute Gasteiger partial charge is 0.573 e. The van der Waals surface area contributed by atoms with Crippen LogP contribution in [-0.4, -0.2) is 16.5 Å². The van der Waals surface area contributed by atoms with Crippen molar-refractivity contribution in [2.24, 2.45) is 0 Å². The van der Waals surface area contributed by atoms with Crippen molar-refractivity contribution >= 4 is 11.6 Å². The summed E-state index contributed by atoms with van der Waals surface area (Å²) in [6, 6.07) is 0.275. The van der Waals surface area contributed by atoms with Crippen LogP contribution >= 0.6 is 11.6 Å². The Morgan fingerprint density at radius 3 is 2.16 bits per heavy atom. The smallest absolute Gasteiger partial charge is 0.403 e. The van der Waals surface area contributed by atoms with Gasteiger partial charge in [-0.2, -0.15) is 13.2 Å². The molecule has 0 saturated carbocycles. The van der Waals surface area contributed by atoms with E-state index in [0.717, 1.165) is 0 Å². The topological polar surface area (TPSA) is 42.4 Å². The second-order valence-corrected chi connectivity index (χ2v) is 3.54. The number of rotatable bonds is 3. The third kappa shape index (κ3) is 4.13. The Balaban J connectivity index is 3.47. The van der Waals surface area contributed by atoms with Gasteiger partial charge in [-0.25, -0.2) is 0 Å². The summed E-state index contributed by atoms with van der Waals surface area (Å²) >= 11 is 5.25. The van der Waals surface area contributed by atoms with Crippen molar-refractivity contribution in [2.45, 2.75) is 25.0 Å². The highest BCUT2D eigenvalue weighted by molar-refractivity contribution is 6.17. The Bertz CT molecular complexity index is 459. The third-order valence-corrected chi connectivity index (χ3v) is 2.16. The van der Waals surface area contributed by atoms with E-state index in [1.54, 1.807) is 0 Å². The molecule has 0 aliphatic carbocycles. The molecule has 10 heteroatoms. The van der Waals surface area contributed by atoms with Gasteiger partial charge in [0, 0.05) is 0 Å². The van der Waals surface area contributed by atoms with Gasteiger partial charge in [-0.1, -0.05) is 0 Å². The molecule has 1 aromatic rings. The highest BCUT2D eigenvalue weighted by Crippen LogP contribution is 2.40. The minimum Gasteiger partial charge on any atom is -0.403 e. The summed E-state index contributed by atoms with van der Waals surface area (Å²) in [5.74, 6) is -2.24. The Labute approximate surface area is 107 Å². The van der Waals surface area contributed by atoms with Gasteiger partial charge in [0.2, 0.25) is 0 Å². The number of ether oxygens (including phenoxy) is 1. The molecule has 0 aromatic carbocycles. The number of hydrogen-bond donors (Lipinski definition) is 1. The van der Waals surface area contributed by atoms with Crippen molar-refractivity contribution in [3.63, 3.8) is 0 Å². The summed E-state index contributed by atoms with van der Waals surface area (Å²) in [6.45, 7) is -0.876. The summed E-state index contributed by atoms with van der Waals surface area (Å²) in [5, 5.41) is 8.74. The molecule has 19 heavy (non-hydrogen) atoms. The highest BCUT2D eigenvalue weighted by atomic mass is 35.5. The first-order valence-corrected chi connectivity index (χ1v) is 5.14. The fourth-order valence-corrected chi connectivity index (χ4v) is 1.44. The van der Waals surface area contributed by atoms with Crippen LogP contribution in [0.25, 0.3) is 0 Å². The van der Waals surface area contributed by atoms with Crippen molar-refractivity contribution in [3.8, 4) is 5.75 Å². The first-order valence-electron chi connectivity index (χ1n) is 4.61. The van der Waals surface area contributed by atoms with Crippen LogP contribution in [0.5, 0.6) is 5.75 Å². The van der Waals surface area contributed by atoms with Crippen LogP contribution in [0.1, 0.15) is 17.0 Å². The lowest BCUT2D eigenvalue weighted by atomic mass is 10.1. The number of aliphatic hydroxyl groups is 1. The summed E-state index contributed by atoms with van der Waals surface area (Å²) in [4.78, 5) is 3.36. The van der Waals surface area contributed by atoms with Crippen molar-refractivity contribution < 1.29 is 36.2 Å². The van der Waals surface area contributed by atoms with Crippen LogP contribution in [-0.2, 0) is 18.7 Å². The number of aromatic nitrogens is 1. The van der Waals surface area contributed by atoms with E-state index >= 15 is 0 Å². The van der Waals surface area contributed by atoms with E-state index in [9.17, 15) is 26.3 Å². The molecule has 1 N–H and O–H groups in total. The lowest BCUT2D eigenvalue weighted by molar-refractivity contribution is -0.276. The molecule has 1 heterocycles. The van der Waals surface area contributed by atoms with E-state index in [0.29, 0.717) is 0 Å². The van der Waals surface area contributed by atoms with Gasteiger partial charge in [0.15, 0.2) is 5.75 Å². The second kappa shape index (κ2) is 5.41. The predicted molar refractivity (Wildman–Crippen MR) is 51.4 cm³/mol. The van der Waals surface area contributed by atoms with Gasteiger partial charge >= 0.3 is 12.5 Å². The van der Waals surface area contributed by atoms with Crippen LogP contribution < -0.4 is 4.74 Å². The average molecular weight is 310 g/mol. The van der Waals surface area contributed by atoms with Gasteiger partial charge in [0.05, 0.1) is 23.9 Å². The molecule has 3 nitrogen and oxygen atoms in total. The number of aliphatic hydroxyl groups excluding tert-OH is 1. The van der Waals surface area contributed by atoms with Crippen molar-refractivity contribution in [1.29, 1.82) is 0 Å². The standard InChI is InChI=1S/C9H6ClF6NO2/c10-2-6-7(19-9(14,15)16)5(8(11,12)13)1-4(3-18)17-6/h1,18H,2-3H2. The Kier molecular flexibility index (Phi) is 4.51. The van der Waals surface area contributed by atoms with Gasteiger partial charge in [0.1, 0.15) is 5.56 Å². The molecule has 108 valence electrons. The van der Waals surface area contributed by atoms with Gasteiger partial charge in [-0.15, -0.1) is 24.8 Å². The van der Waals surface area contributed by atoms with Crippen molar-refractivity contribution in [3.05, 3.63) is 23.0 Å². The molecule has 0 aliphatic heterocycles. The minimum atomic E-state index is -5.32. The van der Waals surface area contributed by atoms with Gasteiger partial charge in [-0.3, -0.25) is 4.98 Å². The van der Waals surface area contributed by atoms with Gasteiger partial charge in [-0.05, 0) is 6.07 Å². The monoisotopic (exact) mass is 309 g/mol. The molecule has 0 radical (unpaired) electrons. The molecule has 0 fully saturated rings. The SMILES string of the molecule is OCc1cc(C(F)(F)F)c(OC(F)(F)F)c(CCl)n1. The van der Waals surface area contributed by atoms with Crippen molar-refractivity contribution in [1.82, 2.24) is 4.98 Å². The Hall–Kier alpha value is -1.22. The zero-order valence-electron chi connectivity index (χ0n) is 8.94. The van der Waals surface area contributed by atoms with Crippen LogP contribution in [0.2, 0.25) is 0 Å². The number of pyridine rings is 1. The maximum atomic E-state index is 12.7. The molecule has 0 bridgehead atoms. The predicted octanol–water partition coefficient (Wildman–Crippen LogP) is 3.23. The fourth-order valence-electron chi connectivity index (χ4n) is 1.26. The van der Waals surface area contributed by atoms with E-state index < -0.39 is 47.7 Å². The van der Waals surface area contributed by atoms with Crippen LogP contribution in [0.3, 0.4) is 0 Å². The number of alkyl halides is 7. The van der Waals surface area contributed by atoms with E-state index in [2.05, 4.69) is 9.72 Å². The first-order chi connectivity index (χ1) is 8.58. The maximum absolute atomic E-state index is 12.7. The lowest BCUT2D eigenvalue weighted by Gasteiger charge is -2.18. The fraction of sp³-hybridized carbons (Fsp3) is 0.444. The molecular weight excluding hydrogens is 304 g/mol. The van der Waals surface area contributed by atoms with Crippen LogP contribution in [0, 0.1) is 0 Å². The zero-order chi connectivity index (χ0) is 14.8. The summed E-state index contributed by atoms with van der Waals surface area (Å²) in [7, 11) is 0. The zero-order valence-corrected chi connectivity index (χ0v) is 9.70. The van der Waals surface area contributed by atoms with E-state index in [-0.39, 0.29) is 6.07 Å². The summed E-state index contributed by atoms with van der Waals surface area (Å²) < 4.78 is 77.6. The summed E-state index contributed by atoms with van der Waals surface area (Å²) in [6.07, 6.45) is -10.4. The van der Waals surface area contributed by atoms with Gasteiger partial charge < -0.3 is 9.84 Å². The van der Waals surface area contributed by atoms with Crippen molar-refractivity contribution in [2.75, 3.05) is 0 Å². The number of halogens is 7. The van der Waals surface area contributed by atoms with E-state index in [4.69, 9.17) is 16.7 Å². The normalized spacial score (nSPS) is 12.6. The molecular formula is C9H6ClF6NO2. The molecule has 1 aromatic heterocycles. The molecule has 0 amide bonds. The molecule has 1 rings (SSSR count). The van der Waals surface area contributed by atoms with E-state index in [1.165, 1.54) is 0 Å². The second-order valence-electron chi connectivity index (χ2n) is 3.27. The maximum Gasteiger partial charge on any atom is 0.573 e. The van der Waals surface area contributed by atoms with E-state index in [1.807, 2.05) is 0 Å². The minimum absolute atomic E-state index is 0.275.